The Morgan fingerprint density at radius 2 is 1.76 bits per heavy atom. The average Bonchev–Trinajstić information content (AvgIpc) is 2.73. The normalized spacial score (nSPS) is 11.5. The highest BCUT2D eigenvalue weighted by Gasteiger charge is 2.13. The summed E-state index contributed by atoms with van der Waals surface area (Å²) in [4.78, 5) is 12.2. The molecule has 0 saturated carbocycles. The van der Waals surface area contributed by atoms with Crippen molar-refractivity contribution in [3.63, 3.8) is 0 Å². The van der Waals surface area contributed by atoms with E-state index in [1.54, 1.807) is 25.3 Å². The minimum absolute atomic E-state index is 0.140. The highest BCUT2D eigenvalue weighted by atomic mass is 32.2. The van der Waals surface area contributed by atoms with Crippen LogP contribution >= 0.6 is 0 Å². The molecule has 0 atom stereocenters. The quantitative estimate of drug-likeness (QED) is 0.432. The molecule has 29 heavy (non-hydrogen) atoms. The third kappa shape index (κ3) is 7.69. The number of anilines is 1. The molecule has 0 saturated heterocycles. The van der Waals surface area contributed by atoms with Crippen LogP contribution in [0.25, 0.3) is 6.08 Å². The van der Waals surface area contributed by atoms with Crippen molar-refractivity contribution in [1.29, 1.82) is 0 Å². The number of rotatable bonds is 11. The topological polar surface area (TPSA) is 93.7 Å². The Morgan fingerprint density at radius 1 is 1.07 bits per heavy atom. The Labute approximate surface area is 171 Å². The molecular weight excluding hydrogens is 392 g/mol. The van der Waals surface area contributed by atoms with Gasteiger partial charge in [0.25, 0.3) is 0 Å². The Kier molecular flexibility index (Phi) is 8.85. The van der Waals surface area contributed by atoms with Crippen molar-refractivity contribution in [3.8, 4) is 5.75 Å². The molecule has 2 N–H and O–H groups in total. The SMILES string of the molecule is CCOCCCNS(=O)(=O)c1ccc(NC(=O)/C=C/c2ccc(OC)cc2)cc1. The van der Waals surface area contributed by atoms with E-state index in [1.165, 1.54) is 18.2 Å². The zero-order valence-corrected chi connectivity index (χ0v) is 17.4. The number of ether oxygens (including phenoxy) is 2. The van der Waals surface area contributed by atoms with Gasteiger partial charge in [0.1, 0.15) is 5.75 Å². The van der Waals surface area contributed by atoms with Crippen LogP contribution in [0.4, 0.5) is 5.69 Å². The molecule has 0 bridgehead atoms. The number of amides is 1. The average molecular weight is 419 g/mol. The van der Waals surface area contributed by atoms with Gasteiger partial charge in [-0.25, -0.2) is 13.1 Å². The zero-order chi connectivity index (χ0) is 21.1. The fourth-order valence-corrected chi connectivity index (χ4v) is 3.47. The zero-order valence-electron chi connectivity index (χ0n) is 16.6. The van der Waals surface area contributed by atoms with E-state index in [0.717, 1.165) is 11.3 Å². The van der Waals surface area contributed by atoms with Crippen LogP contribution in [0.1, 0.15) is 18.9 Å². The van der Waals surface area contributed by atoms with Crippen molar-refractivity contribution in [2.24, 2.45) is 0 Å². The Bertz CT molecular complexity index is 907. The number of hydrogen-bond donors (Lipinski definition) is 2. The summed E-state index contributed by atoms with van der Waals surface area (Å²) in [5, 5.41) is 2.70. The summed E-state index contributed by atoms with van der Waals surface area (Å²) in [7, 11) is -2.00. The number of hydrogen-bond acceptors (Lipinski definition) is 5. The lowest BCUT2D eigenvalue weighted by molar-refractivity contribution is -0.111. The summed E-state index contributed by atoms with van der Waals surface area (Å²) < 4.78 is 37.3. The summed E-state index contributed by atoms with van der Waals surface area (Å²) in [6.45, 7) is 3.31. The molecule has 0 unspecified atom stereocenters. The monoisotopic (exact) mass is 418 g/mol. The van der Waals surface area contributed by atoms with Crippen molar-refractivity contribution in [3.05, 3.63) is 60.2 Å². The molecule has 8 heteroatoms. The minimum atomic E-state index is -3.59. The molecular formula is C21H26N2O5S. The smallest absolute Gasteiger partial charge is 0.248 e. The number of carbonyl (C=O) groups excluding carboxylic acids is 1. The van der Waals surface area contributed by atoms with E-state index in [1.807, 2.05) is 31.2 Å². The lowest BCUT2D eigenvalue weighted by atomic mass is 10.2. The first-order chi connectivity index (χ1) is 13.9. The molecule has 0 aliphatic rings. The lowest BCUT2D eigenvalue weighted by Gasteiger charge is -2.08. The van der Waals surface area contributed by atoms with Crippen molar-refractivity contribution < 1.29 is 22.7 Å². The Balaban J connectivity index is 1.88. The summed E-state index contributed by atoms with van der Waals surface area (Å²) >= 11 is 0. The van der Waals surface area contributed by atoms with Crippen LogP contribution in [-0.2, 0) is 19.6 Å². The molecule has 0 aromatic heterocycles. The second kappa shape index (κ2) is 11.4. The van der Waals surface area contributed by atoms with E-state index >= 15 is 0 Å². The van der Waals surface area contributed by atoms with Gasteiger partial charge in [-0.3, -0.25) is 4.79 Å². The third-order valence-corrected chi connectivity index (χ3v) is 5.41. The lowest BCUT2D eigenvalue weighted by Crippen LogP contribution is -2.25. The van der Waals surface area contributed by atoms with Gasteiger partial charge in [0.2, 0.25) is 15.9 Å². The first-order valence-electron chi connectivity index (χ1n) is 9.25. The van der Waals surface area contributed by atoms with Crippen molar-refractivity contribution in [1.82, 2.24) is 4.72 Å². The number of carbonyl (C=O) groups is 1. The molecule has 1 amide bonds. The summed E-state index contributed by atoms with van der Waals surface area (Å²) in [6, 6.07) is 13.3. The van der Waals surface area contributed by atoms with Gasteiger partial charge in [-0.15, -0.1) is 0 Å². The molecule has 0 spiro atoms. The number of sulfonamides is 1. The van der Waals surface area contributed by atoms with Gasteiger partial charge < -0.3 is 14.8 Å². The first kappa shape index (κ1) is 22.6. The molecule has 2 aromatic carbocycles. The molecule has 2 aromatic rings. The van der Waals surface area contributed by atoms with Crippen LogP contribution in [-0.4, -0.2) is 41.2 Å². The maximum Gasteiger partial charge on any atom is 0.248 e. The van der Waals surface area contributed by atoms with Crippen LogP contribution in [0.5, 0.6) is 5.75 Å². The van der Waals surface area contributed by atoms with Crippen LogP contribution < -0.4 is 14.8 Å². The van der Waals surface area contributed by atoms with Crippen LogP contribution in [0.2, 0.25) is 0 Å². The van der Waals surface area contributed by atoms with Gasteiger partial charge in [-0.1, -0.05) is 12.1 Å². The fourth-order valence-electron chi connectivity index (χ4n) is 2.40. The summed E-state index contributed by atoms with van der Waals surface area (Å²) in [5.41, 5.74) is 1.36. The van der Waals surface area contributed by atoms with E-state index in [0.29, 0.717) is 31.9 Å². The van der Waals surface area contributed by atoms with Gasteiger partial charge in [0.15, 0.2) is 0 Å². The molecule has 2 rings (SSSR count). The standard InChI is InChI=1S/C21H26N2O5S/c1-3-28-16-4-15-22-29(25,26)20-12-8-18(9-13-20)23-21(24)14-7-17-5-10-19(27-2)11-6-17/h5-14,22H,3-4,15-16H2,1-2H3,(H,23,24)/b14-7+. The maximum atomic E-state index is 12.2. The van der Waals surface area contributed by atoms with Gasteiger partial charge in [-0.2, -0.15) is 0 Å². The summed E-state index contributed by atoms with van der Waals surface area (Å²) in [6.07, 6.45) is 3.69. The molecule has 7 nitrogen and oxygen atoms in total. The van der Waals surface area contributed by atoms with Crippen LogP contribution in [0.3, 0.4) is 0 Å². The van der Waals surface area contributed by atoms with E-state index in [9.17, 15) is 13.2 Å². The van der Waals surface area contributed by atoms with Gasteiger partial charge >= 0.3 is 0 Å². The van der Waals surface area contributed by atoms with Gasteiger partial charge in [0.05, 0.1) is 12.0 Å². The Hall–Kier alpha value is -2.68. The maximum absolute atomic E-state index is 12.2. The van der Waals surface area contributed by atoms with E-state index in [2.05, 4.69) is 10.0 Å². The second-order valence-corrected chi connectivity index (χ2v) is 7.84. The molecule has 0 aliphatic carbocycles. The van der Waals surface area contributed by atoms with Crippen molar-refractivity contribution >= 4 is 27.7 Å². The summed E-state index contributed by atoms with van der Waals surface area (Å²) in [5.74, 6) is 0.427. The van der Waals surface area contributed by atoms with Crippen molar-refractivity contribution in [2.75, 3.05) is 32.2 Å². The molecule has 0 heterocycles. The largest absolute Gasteiger partial charge is 0.497 e. The number of nitrogens with one attached hydrogen (secondary N) is 2. The highest BCUT2D eigenvalue weighted by molar-refractivity contribution is 7.89. The van der Waals surface area contributed by atoms with E-state index in [-0.39, 0.29) is 10.8 Å². The van der Waals surface area contributed by atoms with E-state index < -0.39 is 10.0 Å². The Morgan fingerprint density at radius 3 is 2.38 bits per heavy atom. The second-order valence-electron chi connectivity index (χ2n) is 6.07. The van der Waals surface area contributed by atoms with E-state index in [4.69, 9.17) is 9.47 Å². The van der Waals surface area contributed by atoms with Crippen molar-refractivity contribution in [2.45, 2.75) is 18.2 Å². The number of benzene rings is 2. The van der Waals surface area contributed by atoms with Gasteiger partial charge in [0, 0.05) is 31.5 Å². The molecule has 0 radical (unpaired) electrons. The first-order valence-corrected chi connectivity index (χ1v) is 10.7. The predicted molar refractivity (Wildman–Crippen MR) is 113 cm³/mol. The number of methoxy groups -OCH3 is 1. The van der Waals surface area contributed by atoms with Gasteiger partial charge in [-0.05, 0) is 61.4 Å². The molecule has 0 fully saturated rings. The third-order valence-electron chi connectivity index (χ3n) is 3.94. The molecule has 0 aliphatic heterocycles. The van der Waals surface area contributed by atoms with Crippen LogP contribution in [0.15, 0.2) is 59.5 Å². The fraction of sp³-hybridized carbons (Fsp3) is 0.286. The van der Waals surface area contributed by atoms with Crippen LogP contribution in [0, 0.1) is 0 Å². The minimum Gasteiger partial charge on any atom is -0.497 e. The molecule has 156 valence electrons. The highest BCUT2D eigenvalue weighted by Crippen LogP contribution is 2.15. The predicted octanol–water partition coefficient (Wildman–Crippen LogP) is 3.05.